The third-order valence-electron chi connectivity index (χ3n) is 3.33. The van der Waals surface area contributed by atoms with Crippen LogP contribution in [0.15, 0.2) is 12.1 Å². The number of anilines is 1. The lowest BCUT2D eigenvalue weighted by Gasteiger charge is -2.09. The molecule has 3 N–H and O–H groups in total. The fourth-order valence-electron chi connectivity index (χ4n) is 2.14. The Kier molecular flexibility index (Phi) is 4.86. The van der Waals surface area contributed by atoms with Crippen molar-refractivity contribution in [2.75, 3.05) is 20.0 Å². The Bertz CT molecular complexity index is 948. The fourth-order valence-corrected chi connectivity index (χ4v) is 2.14. The summed E-state index contributed by atoms with van der Waals surface area (Å²) in [5.41, 5.74) is 5.36. The number of benzene rings is 1. The number of nitrogens with two attached hydrogens (primary N) is 1. The minimum Gasteiger partial charge on any atom is -0.493 e. The number of nitrogens with one attached hydrogen (secondary N) is 1. The van der Waals surface area contributed by atoms with Gasteiger partial charge in [-0.2, -0.15) is 15.6 Å². The van der Waals surface area contributed by atoms with Gasteiger partial charge in [-0.15, -0.1) is 0 Å². The summed E-state index contributed by atoms with van der Waals surface area (Å²) in [4.78, 5) is 10.7. The number of nitro groups is 1. The van der Waals surface area contributed by atoms with E-state index in [2.05, 4.69) is 10.2 Å². The van der Waals surface area contributed by atoms with Crippen molar-refractivity contribution >= 4 is 23.2 Å². The number of aromatic amines is 1. The highest BCUT2D eigenvalue weighted by Gasteiger charge is 2.21. The van der Waals surface area contributed by atoms with Crippen molar-refractivity contribution in [1.82, 2.24) is 10.2 Å². The Morgan fingerprint density at radius 3 is 2.52 bits per heavy atom. The molecule has 0 unspecified atom stereocenters. The van der Waals surface area contributed by atoms with Gasteiger partial charge >= 0.3 is 0 Å². The molecule has 0 aliphatic carbocycles. The van der Waals surface area contributed by atoms with Crippen LogP contribution in [-0.4, -0.2) is 29.3 Å². The number of nitrogens with zero attached hydrogens (tertiary/aromatic N) is 4. The maximum Gasteiger partial charge on any atom is 0.280 e. The van der Waals surface area contributed by atoms with Crippen LogP contribution in [0, 0.1) is 32.8 Å². The van der Waals surface area contributed by atoms with Crippen LogP contribution in [-0.2, 0) is 0 Å². The second-order valence-electron chi connectivity index (χ2n) is 4.66. The highest BCUT2D eigenvalue weighted by Crippen LogP contribution is 2.36. The minimum atomic E-state index is -0.616. The summed E-state index contributed by atoms with van der Waals surface area (Å²) in [6, 6.07) is 6.26. The Morgan fingerprint density at radius 2 is 2.00 bits per heavy atom. The molecule has 126 valence electrons. The first-order chi connectivity index (χ1) is 12.0. The van der Waals surface area contributed by atoms with Gasteiger partial charge in [0, 0.05) is 0 Å². The molecular weight excluding hydrogens is 328 g/mol. The zero-order chi connectivity index (χ0) is 18.6. The summed E-state index contributed by atoms with van der Waals surface area (Å²) < 4.78 is 10.2. The Labute approximate surface area is 141 Å². The van der Waals surface area contributed by atoms with E-state index >= 15 is 0 Å². The number of nitro benzene ring substituents is 1. The summed E-state index contributed by atoms with van der Waals surface area (Å²) in [6.45, 7) is 0. The number of nitrogen functional groups attached to an aromatic ring is 1. The van der Waals surface area contributed by atoms with Crippen LogP contribution in [0.25, 0.3) is 11.6 Å². The van der Waals surface area contributed by atoms with Crippen LogP contribution < -0.4 is 15.2 Å². The van der Waals surface area contributed by atoms with Gasteiger partial charge in [-0.05, 0) is 12.1 Å². The summed E-state index contributed by atoms with van der Waals surface area (Å²) in [6.07, 6.45) is 1.24. The third kappa shape index (κ3) is 3.18. The molecule has 2 aromatic rings. The molecule has 2 rings (SSSR count). The van der Waals surface area contributed by atoms with Crippen LogP contribution >= 0.6 is 0 Å². The number of methoxy groups -OCH3 is 2. The molecule has 0 atom stereocenters. The van der Waals surface area contributed by atoms with Crippen molar-refractivity contribution in [3.05, 3.63) is 39.1 Å². The molecule has 10 heteroatoms. The first-order valence-corrected chi connectivity index (χ1v) is 6.73. The number of hydrogen-bond donors (Lipinski definition) is 2. The number of H-pyrrole nitrogens is 1. The van der Waals surface area contributed by atoms with Gasteiger partial charge in [-0.25, -0.2) is 0 Å². The first-order valence-electron chi connectivity index (χ1n) is 6.73. The molecule has 0 spiro atoms. The van der Waals surface area contributed by atoms with Crippen molar-refractivity contribution in [3.63, 3.8) is 0 Å². The fraction of sp³-hybridized carbons (Fsp3) is 0.133. The molecule has 25 heavy (non-hydrogen) atoms. The van der Waals surface area contributed by atoms with E-state index in [9.17, 15) is 15.4 Å². The highest BCUT2D eigenvalue weighted by molar-refractivity contribution is 5.93. The summed E-state index contributed by atoms with van der Waals surface area (Å²) in [5.74, 6) is 0.357. The largest absolute Gasteiger partial charge is 0.493 e. The van der Waals surface area contributed by atoms with E-state index in [-0.39, 0.29) is 45.4 Å². The lowest BCUT2D eigenvalue weighted by molar-refractivity contribution is -0.385. The van der Waals surface area contributed by atoms with E-state index in [4.69, 9.17) is 20.5 Å². The van der Waals surface area contributed by atoms with Gasteiger partial charge in [0.15, 0.2) is 17.3 Å². The van der Waals surface area contributed by atoms with E-state index in [0.29, 0.717) is 0 Å². The van der Waals surface area contributed by atoms with Crippen LogP contribution in [0.5, 0.6) is 11.5 Å². The topological polar surface area (TPSA) is 164 Å². The molecular formula is C15H12N6O4. The van der Waals surface area contributed by atoms with Gasteiger partial charge in [0.1, 0.15) is 17.7 Å². The maximum absolute atomic E-state index is 11.3. The number of aromatic nitrogens is 2. The van der Waals surface area contributed by atoms with E-state index in [0.717, 1.165) is 0 Å². The quantitative estimate of drug-likeness (QED) is 0.473. The predicted molar refractivity (Wildman–Crippen MR) is 87.4 cm³/mol. The third-order valence-corrected chi connectivity index (χ3v) is 3.33. The van der Waals surface area contributed by atoms with E-state index < -0.39 is 4.92 Å². The van der Waals surface area contributed by atoms with Crippen LogP contribution in [0.1, 0.15) is 16.8 Å². The monoisotopic (exact) mass is 340 g/mol. The molecule has 1 aromatic heterocycles. The minimum absolute atomic E-state index is 0.0177. The Hall–Kier alpha value is -4.05. The SMILES string of the molecule is COc1cc(/C=C(\C#N)c2[nH]nc(N)c2C#N)c([N+](=O)[O-])cc1OC. The predicted octanol–water partition coefficient (Wildman–Crippen LogP) is 1.85. The number of allylic oxidation sites excluding steroid dienone is 1. The van der Waals surface area contributed by atoms with E-state index in [1.807, 2.05) is 12.1 Å². The van der Waals surface area contributed by atoms with Crippen molar-refractivity contribution < 1.29 is 14.4 Å². The van der Waals surface area contributed by atoms with Crippen LogP contribution in [0.4, 0.5) is 11.5 Å². The first kappa shape index (κ1) is 17.3. The molecule has 1 aromatic carbocycles. The second-order valence-corrected chi connectivity index (χ2v) is 4.66. The lowest BCUT2D eigenvalue weighted by atomic mass is 10.0. The van der Waals surface area contributed by atoms with Crippen molar-refractivity contribution in [3.8, 4) is 23.6 Å². The molecule has 0 bridgehead atoms. The second kappa shape index (κ2) is 7.02. The van der Waals surface area contributed by atoms with E-state index in [1.54, 1.807) is 0 Å². The van der Waals surface area contributed by atoms with E-state index in [1.165, 1.54) is 32.4 Å². The maximum atomic E-state index is 11.3. The average Bonchev–Trinajstić information content (AvgIpc) is 2.99. The van der Waals surface area contributed by atoms with Gasteiger partial charge in [0.2, 0.25) is 0 Å². The lowest BCUT2D eigenvalue weighted by Crippen LogP contribution is -1.97. The molecule has 0 aliphatic heterocycles. The number of ether oxygens (including phenoxy) is 2. The molecule has 1 heterocycles. The average molecular weight is 340 g/mol. The zero-order valence-corrected chi connectivity index (χ0v) is 13.2. The standard InChI is InChI=1S/C15H12N6O4/c1-24-12-4-8(11(21(22)23)5-13(12)25-2)3-9(6-16)14-10(7-17)15(18)20-19-14/h3-5H,1-2H3,(H3,18,19,20)/b9-3+. The molecule has 0 fully saturated rings. The smallest absolute Gasteiger partial charge is 0.280 e. The van der Waals surface area contributed by atoms with Gasteiger partial charge in [0.05, 0.1) is 42.0 Å². The summed E-state index contributed by atoms with van der Waals surface area (Å²) >= 11 is 0. The number of nitriles is 2. The zero-order valence-electron chi connectivity index (χ0n) is 13.2. The van der Waals surface area contributed by atoms with Crippen molar-refractivity contribution in [2.45, 2.75) is 0 Å². The summed E-state index contributed by atoms with van der Waals surface area (Å²) in [7, 11) is 2.73. The van der Waals surface area contributed by atoms with Crippen LogP contribution in [0.3, 0.4) is 0 Å². The molecule has 0 saturated heterocycles. The van der Waals surface area contributed by atoms with Gasteiger partial charge < -0.3 is 15.2 Å². The van der Waals surface area contributed by atoms with Crippen molar-refractivity contribution in [2.24, 2.45) is 0 Å². The van der Waals surface area contributed by atoms with Gasteiger partial charge in [-0.3, -0.25) is 15.2 Å². The van der Waals surface area contributed by atoms with Gasteiger partial charge in [0.25, 0.3) is 5.69 Å². The number of rotatable bonds is 5. The summed E-state index contributed by atoms with van der Waals surface area (Å²) in [5, 5.41) is 36.0. The Morgan fingerprint density at radius 1 is 1.36 bits per heavy atom. The van der Waals surface area contributed by atoms with Crippen LogP contribution in [0.2, 0.25) is 0 Å². The molecule has 0 saturated carbocycles. The van der Waals surface area contributed by atoms with Gasteiger partial charge in [-0.1, -0.05) is 0 Å². The Balaban J connectivity index is 2.71. The molecule has 10 nitrogen and oxygen atoms in total. The number of hydrogen-bond acceptors (Lipinski definition) is 8. The normalized spacial score (nSPS) is 10.6. The molecule has 0 radical (unpaired) electrons. The molecule has 0 amide bonds. The highest BCUT2D eigenvalue weighted by atomic mass is 16.6. The van der Waals surface area contributed by atoms with Crippen molar-refractivity contribution in [1.29, 1.82) is 10.5 Å². The molecule has 0 aliphatic rings.